The van der Waals surface area contributed by atoms with E-state index in [-0.39, 0.29) is 18.3 Å². The molecular weight excluding hydrogens is 256 g/mol. The fraction of sp³-hybridized carbons (Fsp3) is 0.600. The molecule has 1 saturated heterocycles. The van der Waals surface area contributed by atoms with Crippen LogP contribution in [0.25, 0.3) is 0 Å². The molecule has 1 N–H and O–H groups in total. The number of ether oxygens (including phenoxy) is 1. The molecule has 1 spiro atoms. The zero-order valence-electron chi connectivity index (χ0n) is 11.7. The smallest absolute Gasteiger partial charge is 0.415 e. The number of carbonyl (C=O) groups excluding carboxylic acids is 1. The van der Waals surface area contributed by atoms with Gasteiger partial charge in [0.1, 0.15) is 5.60 Å². The Labute approximate surface area is 118 Å². The second-order valence-electron chi connectivity index (χ2n) is 5.87. The van der Waals surface area contributed by atoms with Crippen molar-refractivity contribution in [2.24, 2.45) is 5.92 Å². The monoisotopic (exact) mass is 276 g/mol. The SMILES string of the molecule is Cc1ncccc1N1C[C@]2(CC[C@@H](CO)CC2)OC1=O. The molecule has 2 heterocycles. The van der Waals surface area contributed by atoms with E-state index in [0.29, 0.717) is 12.5 Å². The van der Waals surface area contributed by atoms with Crippen LogP contribution in [0.2, 0.25) is 0 Å². The molecule has 1 saturated carbocycles. The van der Waals surface area contributed by atoms with Gasteiger partial charge in [-0.25, -0.2) is 4.79 Å². The molecule has 1 aromatic heterocycles. The van der Waals surface area contributed by atoms with Gasteiger partial charge in [0.15, 0.2) is 0 Å². The van der Waals surface area contributed by atoms with Gasteiger partial charge in [-0.3, -0.25) is 9.88 Å². The molecule has 108 valence electrons. The van der Waals surface area contributed by atoms with Crippen molar-refractivity contribution in [3.05, 3.63) is 24.0 Å². The summed E-state index contributed by atoms with van der Waals surface area (Å²) in [6, 6.07) is 3.74. The Balaban J connectivity index is 1.78. The molecule has 2 aliphatic rings. The lowest BCUT2D eigenvalue weighted by Crippen LogP contribution is -2.39. The van der Waals surface area contributed by atoms with Crippen molar-refractivity contribution in [1.29, 1.82) is 0 Å². The molecular formula is C15H20N2O3. The second-order valence-corrected chi connectivity index (χ2v) is 5.87. The van der Waals surface area contributed by atoms with Gasteiger partial charge in [0.05, 0.1) is 17.9 Å². The number of hydrogen-bond donors (Lipinski definition) is 1. The van der Waals surface area contributed by atoms with Crippen LogP contribution in [-0.2, 0) is 4.74 Å². The maximum Gasteiger partial charge on any atom is 0.415 e. The number of nitrogens with zero attached hydrogens (tertiary/aromatic N) is 2. The Kier molecular flexibility index (Phi) is 3.38. The van der Waals surface area contributed by atoms with E-state index >= 15 is 0 Å². The van der Waals surface area contributed by atoms with Gasteiger partial charge in [-0.05, 0) is 50.7 Å². The predicted molar refractivity (Wildman–Crippen MR) is 74.6 cm³/mol. The fourth-order valence-electron chi connectivity index (χ4n) is 3.22. The Morgan fingerprint density at radius 3 is 2.90 bits per heavy atom. The zero-order chi connectivity index (χ0) is 14.2. The average Bonchev–Trinajstić information content (AvgIpc) is 2.77. The Morgan fingerprint density at radius 1 is 1.50 bits per heavy atom. The third-order valence-corrected chi connectivity index (χ3v) is 4.51. The van der Waals surface area contributed by atoms with E-state index in [0.717, 1.165) is 37.1 Å². The summed E-state index contributed by atoms with van der Waals surface area (Å²) in [5, 5.41) is 9.21. The highest BCUT2D eigenvalue weighted by molar-refractivity contribution is 5.90. The molecule has 0 unspecified atom stereocenters. The number of aromatic nitrogens is 1. The summed E-state index contributed by atoms with van der Waals surface area (Å²) >= 11 is 0. The first kappa shape index (κ1) is 13.4. The van der Waals surface area contributed by atoms with E-state index in [2.05, 4.69) is 4.98 Å². The van der Waals surface area contributed by atoms with E-state index in [1.165, 1.54) is 0 Å². The number of aliphatic hydroxyl groups excluding tert-OH is 1. The summed E-state index contributed by atoms with van der Waals surface area (Å²) < 4.78 is 5.68. The van der Waals surface area contributed by atoms with E-state index in [1.807, 2.05) is 19.1 Å². The van der Waals surface area contributed by atoms with Gasteiger partial charge >= 0.3 is 6.09 Å². The lowest BCUT2D eigenvalue weighted by atomic mass is 9.79. The minimum Gasteiger partial charge on any atom is -0.441 e. The molecule has 0 atom stereocenters. The zero-order valence-corrected chi connectivity index (χ0v) is 11.7. The molecule has 1 amide bonds. The van der Waals surface area contributed by atoms with Crippen molar-refractivity contribution < 1.29 is 14.6 Å². The van der Waals surface area contributed by atoms with Gasteiger partial charge in [0.2, 0.25) is 0 Å². The fourth-order valence-corrected chi connectivity index (χ4v) is 3.22. The molecule has 20 heavy (non-hydrogen) atoms. The van der Waals surface area contributed by atoms with Gasteiger partial charge < -0.3 is 9.84 Å². The van der Waals surface area contributed by atoms with Crippen LogP contribution in [0, 0.1) is 12.8 Å². The molecule has 0 radical (unpaired) electrons. The van der Waals surface area contributed by atoms with Gasteiger partial charge in [-0.1, -0.05) is 0 Å². The molecule has 1 aromatic rings. The van der Waals surface area contributed by atoms with Gasteiger partial charge in [-0.2, -0.15) is 0 Å². The molecule has 5 heteroatoms. The Hall–Kier alpha value is -1.62. The number of rotatable bonds is 2. The highest BCUT2D eigenvalue weighted by atomic mass is 16.6. The molecule has 1 aliphatic heterocycles. The minimum atomic E-state index is -0.370. The lowest BCUT2D eigenvalue weighted by Gasteiger charge is -2.34. The van der Waals surface area contributed by atoms with Crippen LogP contribution in [0.4, 0.5) is 10.5 Å². The highest BCUT2D eigenvalue weighted by Crippen LogP contribution is 2.40. The van der Waals surface area contributed by atoms with Crippen molar-refractivity contribution in [2.75, 3.05) is 18.1 Å². The standard InChI is InChI=1S/C15H20N2O3/c1-11-13(3-2-8-16-11)17-10-15(20-14(17)19)6-4-12(9-18)5-7-15/h2-3,8,12,18H,4-7,9-10H2,1H3/t12-,15-. The van der Waals surface area contributed by atoms with Crippen LogP contribution in [0.1, 0.15) is 31.4 Å². The Bertz CT molecular complexity index is 510. The number of amides is 1. The number of aliphatic hydroxyl groups is 1. The third kappa shape index (κ3) is 2.26. The summed E-state index contributed by atoms with van der Waals surface area (Å²) in [5.74, 6) is 0.355. The molecule has 2 fully saturated rings. The minimum absolute atomic E-state index is 0.232. The number of hydrogen-bond acceptors (Lipinski definition) is 4. The first-order valence-corrected chi connectivity index (χ1v) is 7.16. The second kappa shape index (κ2) is 5.05. The first-order valence-electron chi connectivity index (χ1n) is 7.16. The number of aryl methyl sites for hydroxylation is 1. The van der Waals surface area contributed by atoms with Crippen molar-refractivity contribution in [1.82, 2.24) is 4.98 Å². The molecule has 0 bridgehead atoms. The van der Waals surface area contributed by atoms with Gasteiger partial charge in [0.25, 0.3) is 0 Å². The van der Waals surface area contributed by atoms with E-state index in [9.17, 15) is 9.90 Å². The van der Waals surface area contributed by atoms with E-state index in [4.69, 9.17) is 4.74 Å². The maximum absolute atomic E-state index is 12.2. The van der Waals surface area contributed by atoms with Crippen molar-refractivity contribution >= 4 is 11.8 Å². The van der Waals surface area contributed by atoms with E-state index in [1.54, 1.807) is 11.1 Å². The van der Waals surface area contributed by atoms with Crippen molar-refractivity contribution in [3.8, 4) is 0 Å². The van der Waals surface area contributed by atoms with Crippen LogP contribution < -0.4 is 4.90 Å². The number of pyridine rings is 1. The maximum atomic E-state index is 12.2. The Morgan fingerprint density at radius 2 is 2.25 bits per heavy atom. The molecule has 5 nitrogen and oxygen atoms in total. The van der Waals surface area contributed by atoms with Gasteiger partial charge in [-0.15, -0.1) is 0 Å². The van der Waals surface area contributed by atoms with Crippen LogP contribution in [0.3, 0.4) is 0 Å². The molecule has 1 aliphatic carbocycles. The topological polar surface area (TPSA) is 62.7 Å². The average molecular weight is 276 g/mol. The summed E-state index contributed by atoms with van der Waals surface area (Å²) in [6.45, 7) is 2.72. The quantitative estimate of drug-likeness (QED) is 0.900. The first-order chi connectivity index (χ1) is 9.63. The summed E-state index contributed by atoms with van der Waals surface area (Å²) in [6.07, 6.45) is 4.96. The van der Waals surface area contributed by atoms with Crippen molar-refractivity contribution in [3.63, 3.8) is 0 Å². The normalized spacial score (nSPS) is 29.8. The predicted octanol–water partition coefficient (Wildman–Crippen LogP) is 2.27. The number of anilines is 1. The summed E-state index contributed by atoms with van der Waals surface area (Å²) in [5.41, 5.74) is 1.30. The van der Waals surface area contributed by atoms with Crippen LogP contribution in [-0.4, -0.2) is 34.9 Å². The van der Waals surface area contributed by atoms with Crippen LogP contribution in [0.15, 0.2) is 18.3 Å². The van der Waals surface area contributed by atoms with Crippen LogP contribution in [0.5, 0.6) is 0 Å². The third-order valence-electron chi connectivity index (χ3n) is 4.51. The van der Waals surface area contributed by atoms with Gasteiger partial charge in [0, 0.05) is 12.8 Å². The molecule has 3 rings (SSSR count). The summed E-state index contributed by atoms with van der Waals surface area (Å²) in [4.78, 5) is 18.1. The molecule has 0 aromatic carbocycles. The van der Waals surface area contributed by atoms with E-state index < -0.39 is 0 Å². The lowest BCUT2D eigenvalue weighted by molar-refractivity contribution is 0.00558. The van der Waals surface area contributed by atoms with Crippen LogP contribution >= 0.6 is 0 Å². The van der Waals surface area contributed by atoms with Crippen molar-refractivity contribution in [2.45, 2.75) is 38.2 Å². The number of carbonyl (C=O) groups is 1. The largest absolute Gasteiger partial charge is 0.441 e. The highest BCUT2D eigenvalue weighted by Gasteiger charge is 2.47. The summed E-state index contributed by atoms with van der Waals surface area (Å²) in [7, 11) is 0.